The van der Waals surface area contributed by atoms with Gasteiger partial charge < -0.3 is 9.47 Å². The fourth-order valence-corrected chi connectivity index (χ4v) is 1.82. The van der Waals surface area contributed by atoms with Gasteiger partial charge in [0.25, 0.3) is 0 Å². The number of benzene rings is 1. The number of epoxide rings is 1. The summed E-state index contributed by atoms with van der Waals surface area (Å²) in [5, 5.41) is 0. The highest BCUT2D eigenvalue weighted by atomic mass is 19.2. The molecule has 1 aromatic carbocycles. The molecule has 0 N–H and O–H groups in total. The van der Waals surface area contributed by atoms with Crippen LogP contribution in [0.25, 0.3) is 0 Å². The molecule has 1 atom stereocenters. The molecule has 19 heavy (non-hydrogen) atoms. The lowest BCUT2D eigenvalue weighted by Crippen LogP contribution is -2.28. The number of alkyl halides is 1. The molecule has 1 fully saturated rings. The van der Waals surface area contributed by atoms with E-state index in [-0.39, 0.29) is 0 Å². The molecule has 1 aliphatic heterocycles. The summed E-state index contributed by atoms with van der Waals surface area (Å²) in [7, 11) is 0.940. The second kappa shape index (κ2) is 4.44. The smallest absolute Gasteiger partial charge is 0.345 e. The van der Waals surface area contributed by atoms with Gasteiger partial charge in [-0.1, -0.05) is 0 Å². The van der Waals surface area contributed by atoms with Crippen LogP contribution in [-0.4, -0.2) is 19.7 Å². The highest BCUT2D eigenvalue weighted by Crippen LogP contribution is 2.44. The Morgan fingerprint density at radius 1 is 1.21 bits per heavy atom. The number of rotatable bonds is 3. The molecule has 0 aliphatic carbocycles. The predicted octanol–water partition coefficient (Wildman–Crippen LogP) is 2.11. The third-order valence-electron chi connectivity index (χ3n) is 2.85. The number of esters is 1. The number of carbonyl (C=O) groups is 1. The summed E-state index contributed by atoms with van der Waals surface area (Å²) in [5.74, 6) is -9.19. The van der Waals surface area contributed by atoms with E-state index in [0.29, 0.717) is 0 Å². The molecule has 1 saturated heterocycles. The zero-order valence-electron chi connectivity index (χ0n) is 9.53. The Bertz CT molecular complexity index is 554. The lowest BCUT2D eigenvalue weighted by atomic mass is 9.93. The third-order valence-corrected chi connectivity index (χ3v) is 2.85. The molecule has 0 aromatic heterocycles. The SMILES string of the molecule is COC(=O)C1(c2c(F)c(F)c(F)c(F)c2CF)CO1. The first-order valence-electron chi connectivity index (χ1n) is 5.04. The van der Waals surface area contributed by atoms with E-state index in [1.165, 1.54) is 0 Å². The first-order valence-corrected chi connectivity index (χ1v) is 5.04. The summed E-state index contributed by atoms with van der Waals surface area (Å²) in [6, 6.07) is 0. The largest absolute Gasteiger partial charge is 0.467 e. The van der Waals surface area contributed by atoms with E-state index in [1.54, 1.807) is 0 Å². The van der Waals surface area contributed by atoms with E-state index >= 15 is 0 Å². The van der Waals surface area contributed by atoms with Crippen LogP contribution < -0.4 is 0 Å². The van der Waals surface area contributed by atoms with Gasteiger partial charge in [-0.15, -0.1) is 0 Å². The van der Waals surface area contributed by atoms with Crippen LogP contribution in [0.1, 0.15) is 11.1 Å². The Hall–Kier alpha value is -1.70. The van der Waals surface area contributed by atoms with Crippen molar-refractivity contribution in [3.63, 3.8) is 0 Å². The van der Waals surface area contributed by atoms with E-state index in [4.69, 9.17) is 0 Å². The molecule has 0 spiro atoms. The molecule has 8 heteroatoms. The Morgan fingerprint density at radius 2 is 1.74 bits per heavy atom. The Balaban J connectivity index is 2.74. The lowest BCUT2D eigenvalue weighted by Gasteiger charge is -2.16. The van der Waals surface area contributed by atoms with Crippen LogP contribution in [0.5, 0.6) is 0 Å². The highest BCUT2D eigenvalue weighted by molar-refractivity contribution is 5.84. The van der Waals surface area contributed by atoms with Crippen LogP contribution in [0.4, 0.5) is 22.0 Å². The molecule has 3 nitrogen and oxygen atoms in total. The molecule has 0 saturated carbocycles. The number of hydrogen-bond acceptors (Lipinski definition) is 3. The minimum atomic E-state index is -2.14. The zero-order chi connectivity index (χ0) is 14.4. The van der Waals surface area contributed by atoms with Gasteiger partial charge in [0.05, 0.1) is 13.7 Å². The van der Waals surface area contributed by atoms with Crippen molar-refractivity contribution >= 4 is 5.97 Å². The second-order valence-corrected chi connectivity index (χ2v) is 3.85. The van der Waals surface area contributed by atoms with E-state index in [9.17, 15) is 26.7 Å². The van der Waals surface area contributed by atoms with Crippen molar-refractivity contribution in [2.75, 3.05) is 13.7 Å². The van der Waals surface area contributed by atoms with Crippen LogP contribution in [0, 0.1) is 23.3 Å². The van der Waals surface area contributed by atoms with E-state index in [2.05, 4.69) is 9.47 Å². The molecule has 2 rings (SSSR count). The zero-order valence-corrected chi connectivity index (χ0v) is 9.53. The number of ether oxygens (including phenoxy) is 2. The van der Waals surface area contributed by atoms with Crippen molar-refractivity contribution in [2.24, 2.45) is 0 Å². The van der Waals surface area contributed by atoms with Crippen molar-refractivity contribution < 1.29 is 36.2 Å². The van der Waals surface area contributed by atoms with Gasteiger partial charge in [0.2, 0.25) is 5.60 Å². The minimum Gasteiger partial charge on any atom is -0.467 e. The Morgan fingerprint density at radius 3 is 2.16 bits per heavy atom. The van der Waals surface area contributed by atoms with Gasteiger partial charge >= 0.3 is 5.97 Å². The summed E-state index contributed by atoms with van der Waals surface area (Å²) in [4.78, 5) is 11.4. The maximum atomic E-state index is 13.7. The van der Waals surface area contributed by atoms with Gasteiger partial charge in [0.15, 0.2) is 23.3 Å². The molecular formula is C11H7F5O3. The van der Waals surface area contributed by atoms with Crippen LogP contribution >= 0.6 is 0 Å². The van der Waals surface area contributed by atoms with Crippen LogP contribution in [0.15, 0.2) is 0 Å². The summed E-state index contributed by atoms with van der Waals surface area (Å²) in [6.07, 6.45) is 0. The van der Waals surface area contributed by atoms with E-state index in [0.717, 1.165) is 7.11 Å². The van der Waals surface area contributed by atoms with Crippen molar-refractivity contribution in [1.29, 1.82) is 0 Å². The first-order chi connectivity index (χ1) is 8.90. The average Bonchev–Trinajstić information content (AvgIpc) is 3.20. The molecule has 0 radical (unpaired) electrons. The quantitative estimate of drug-likeness (QED) is 0.280. The van der Waals surface area contributed by atoms with E-state index in [1.807, 2.05) is 0 Å². The van der Waals surface area contributed by atoms with Gasteiger partial charge in [-0.3, -0.25) is 0 Å². The lowest BCUT2D eigenvalue weighted by molar-refractivity contribution is -0.147. The Kier molecular flexibility index (Phi) is 3.21. The molecule has 0 amide bonds. The van der Waals surface area contributed by atoms with Crippen molar-refractivity contribution in [1.82, 2.24) is 0 Å². The third kappa shape index (κ3) is 1.78. The average molecular weight is 282 g/mol. The molecule has 1 aromatic rings. The van der Waals surface area contributed by atoms with Gasteiger partial charge in [-0.05, 0) is 0 Å². The number of halogens is 5. The van der Waals surface area contributed by atoms with Crippen LogP contribution in [0.3, 0.4) is 0 Å². The normalized spacial score (nSPS) is 21.4. The van der Waals surface area contributed by atoms with Crippen molar-refractivity contribution in [3.05, 3.63) is 34.4 Å². The fourth-order valence-electron chi connectivity index (χ4n) is 1.82. The second-order valence-electron chi connectivity index (χ2n) is 3.85. The number of carbonyl (C=O) groups excluding carboxylic acids is 1. The molecular weight excluding hydrogens is 275 g/mol. The molecule has 0 bridgehead atoms. The fraction of sp³-hybridized carbons (Fsp3) is 0.364. The summed E-state index contributed by atoms with van der Waals surface area (Å²) in [5.41, 5.74) is -4.21. The van der Waals surface area contributed by atoms with Gasteiger partial charge in [0.1, 0.15) is 6.67 Å². The van der Waals surface area contributed by atoms with Crippen molar-refractivity contribution in [2.45, 2.75) is 12.3 Å². The first kappa shape index (κ1) is 13.7. The van der Waals surface area contributed by atoms with Crippen LogP contribution in [-0.2, 0) is 26.5 Å². The summed E-state index contributed by atoms with van der Waals surface area (Å²) >= 11 is 0. The maximum Gasteiger partial charge on any atom is 0.345 e. The monoisotopic (exact) mass is 282 g/mol. The van der Waals surface area contributed by atoms with Gasteiger partial charge in [-0.2, -0.15) is 0 Å². The summed E-state index contributed by atoms with van der Waals surface area (Å²) in [6.45, 7) is -2.06. The number of methoxy groups -OCH3 is 1. The van der Waals surface area contributed by atoms with Gasteiger partial charge in [0, 0.05) is 11.1 Å². The maximum absolute atomic E-state index is 13.7. The summed E-state index contributed by atoms with van der Waals surface area (Å²) < 4.78 is 75.0. The molecule has 1 heterocycles. The highest BCUT2D eigenvalue weighted by Gasteiger charge is 2.59. The minimum absolute atomic E-state index is 0.436. The molecule has 104 valence electrons. The molecule has 1 unspecified atom stereocenters. The topological polar surface area (TPSA) is 38.8 Å². The van der Waals surface area contributed by atoms with Crippen molar-refractivity contribution in [3.8, 4) is 0 Å². The Labute approximate surface area is 103 Å². The standard InChI is InChI=1S/C11H7F5O3/c1-18-10(17)11(3-19-11)5-4(2-12)6(13)8(15)9(16)7(5)14/h2-3H2,1H3. The van der Waals surface area contributed by atoms with Gasteiger partial charge in [-0.25, -0.2) is 26.7 Å². The van der Waals surface area contributed by atoms with E-state index < -0.39 is 59.2 Å². The van der Waals surface area contributed by atoms with Crippen LogP contribution in [0.2, 0.25) is 0 Å². The predicted molar refractivity (Wildman–Crippen MR) is 50.7 cm³/mol. The molecule has 1 aliphatic rings. The number of hydrogen-bond donors (Lipinski definition) is 0.